The Kier molecular flexibility index (Phi) is 3.63. The Bertz CT molecular complexity index is 825. The van der Waals surface area contributed by atoms with Crippen LogP contribution in [-0.4, -0.2) is 28.1 Å². The van der Waals surface area contributed by atoms with Crippen molar-refractivity contribution in [1.29, 1.82) is 0 Å². The number of hydrogen-bond acceptors (Lipinski definition) is 4. The van der Waals surface area contributed by atoms with Gasteiger partial charge in [-0.25, -0.2) is 9.48 Å². The van der Waals surface area contributed by atoms with Crippen molar-refractivity contribution in [3.8, 4) is 0 Å². The molecule has 5 heteroatoms. The van der Waals surface area contributed by atoms with Crippen LogP contribution in [0.3, 0.4) is 0 Å². The van der Waals surface area contributed by atoms with Crippen LogP contribution in [0, 0.1) is 13.8 Å². The number of fused-ring (bicyclic) bond motifs is 1. The number of nitrogens with zero attached hydrogens (tertiary/aromatic N) is 3. The zero-order valence-corrected chi connectivity index (χ0v) is 12.8. The van der Waals surface area contributed by atoms with Gasteiger partial charge in [-0.1, -0.05) is 35.5 Å². The molecular formula is C17H17N3O2. The molecule has 0 spiro atoms. The van der Waals surface area contributed by atoms with Gasteiger partial charge in [0.1, 0.15) is 5.52 Å². The van der Waals surface area contributed by atoms with Crippen molar-refractivity contribution in [3.05, 3.63) is 59.2 Å². The Hall–Kier alpha value is -2.69. The van der Waals surface area contributed by atoms with E-state index >= 15 is 0 Å². The Morgan fingerprint density at radius 3 is 2.50 bits per heavy atom. The van der Waals surface area contributed by atoms with E-state index in [2.05, 4.69) is 10.3 Å². The van der Waals surface area contributed by atoms with E-state index in [1.807, 2.05) is 56.3 Å². The fourth-order valence-electron chi connectivity index (χ4n) is 2.51. The number of methoxy groups -OCH3 is 1. The van der Waals surface area contributed by atoms with E-state index in [4.69, 9.17) is 4.74 Å². The SMILES string of the molecule is COC(=O)C(c1ccccc1)n1nnc2cc(C)c(C)cc21. The van der Waals surface area contributed by atoms with Crippen LogP contribution in [0.5, 0.6) is 0 Å². The molecule has 3 rings (SSSR count). The largest absolute Gasteiger partial charge is 0.467 e. The number of benzene rings is 2. The van der Waals surface area contributed by atoms with Gasteiger partial charge in [0.15, 0.2) is 6.04 Å². The fourth-order valence-corrected chi connectivity index (χ4v) is 2.51. The van der Waals surface area contributed by atoms with Crippen molar-refractivity contribution in [2.45, 2.75) is 19.9 Å². The third kappa shape index (κ3) is 2.35. The van der Waals surface area contributed by atoms with Crippen LogP contribution >= 0.6 is 0 Å². The first-order valence-electron chi connectivity index (χ1n) is 7.06. The summed E-state index contributed by atoms with van der Waals surface area (Å²) in [5.41, 5.74) is 4.69. The lowest BCUT2D eigenvalue weighted by Gasteiger charge is -2.16. The molecule has 1 heterocycles. The molecule has 0 N–H and O–H groups in total. The minimum absolute atomic E-state index is 0.365. The number of esters is 1. The quantitative estimate of drug-likeness (QED) is 0.697. The van der Waals surface area contributed by atoms with E-state index in [1.54, 1.807) is 4.68 Å². The molecule has 1 unspecified atom stereocenters. The maximum atomic E-state index is 12.3. The van der Waals surface area contributed by atoms with E-state index in [9.17, 15) is 4.79 Å². The summed E-state index contributed by atoms with van der Waals surface area (Å²) in [6.07, 6.45) is 0. The molecule has 1 aromatic heterocycles. The van der Waals surface area contributed by atoms with Crippen LogP contribution < -0.4 is 0 Å². The van der Waals surface area contributed by atoms with Crippen molar-refractivity contribution in [2.75, 3.05) is 7.11 Å². The number of rotatable bonds is 3. The van der Waals surface area contributed by atoms with Crippen molar-refractivity contribution in [3.63, 3.8) is 0 Å². The molecule has 2 aromatic carbocycles. The van der Waals surface area contributed by atoms with Crippen LogP contribution in [0.4, 0.5) is 0 Å². The second-order valence-corrected chi connectivity index (χ2v) is 5.30. The van der Waals surface area contributed by atoms with Crippen molar-refractivity contribution in [2.24, 2.45) is 0 Å². The fraction of sp³-hybridized carbons (Fsp3) is 0.235. The maximum Gasteiger partial charge on any atom is 0.335 e. The summed E-state index contributed by atoms with van der Waals surface area (Å²) < 4.78 is 6.59. The van der Waals surface area contributed by atoms with Gasteiger partial charge in [-0.05, 0) is 42.7 Å². The smallest absolute Gasteiger partial charge is 0.335 e. The minimum atomic E-state index is -0.640. The molecule has 0 aliphatic carbocycles. The Balaban J connectivity index is 2.21. The van der Waals surface area contributed by atoms with Gasteiger partial charge in [0, 0.05) is 0 Å². The summed E-state index contributed by atoms with van der Waals surface area (Å²) in [6.45, 7) is 4.06. The number of hydrogen-bond donors (Lipinski definition) is 0. The Morgan fingerprint density at radius 1 is 1.14 bits per heavy atom. The highest BCUT2D eigenvalue weighted by Gasteiger charge is 2.26. The predicted molar refractivity (Wildman–Crippen MR) is 83.6 cm³/mol. The standard InChI is InChI=1S/C17H17N3O2/c1-11-9-14-15(10-12(11)2)20(19-18-14)16(17(21)22-3)13-7-5-4-6-8-13/h4-10,16H,1-3H3. The molecule has 0 aliphatic heterocycles. The summed E-state index contributed by atoms with van der Waals surface area (Å²) in [5.74, 6) is -0.365. The topological polar surface area (TPSA) is 57.0 Å². The first-order valence-corrected chi connectivity index (χ1v) is 7.06. The van der Waals surface area contributed by atoms with Crippen molar-refractivity contribution < 1.29 is 9.53 Å². The van der Waals surface area contributed by atoms with Crippen LogP contribution in [0.15, 0.2) is 42.5 Å². The van der Waals surface area contributed by atoms with Gasteiger partial charge in [-0.2, -0.15) is 0 Å². The second kappa shape index (κ2) is 5.60. The number of aryl methyl sites for hydroxylation is 2. The molecule has 0 aliphatic rings. The van der Waals surface area contributed by atoms with Gasteiger partial charge in [-0.3, -0.25) is 0 Å². The average molecular weight is 295 g/mol. The molecule has 0 amide bonds. The van der Waals surface area contributed by atoms with E-state index in [-0.39, 0.29) is 5.97 Å². The van der Waals surface area contributed by atoms with E-state index in [0.29, 0.717) is 0 Å². The number of carbonyl (C=O) groups excluding carboxylic acids is 1. The van der Waals surface area contributed by atoms with Gasteiger partial charge in [0.2, 0.25) is 0 Å². The van der Waals surface area contributed by atoms with Gasteiger partial charge in [-0.15, -0.1) is 5.10 Å². The van der Waals surface area contributed by atoms with Gasteiger partial charge in [0.25, 0.3) is 0 Å². The highest BCUT2D eigenvalue weighted by atomic mass is 16.5. The maximum absolute atomic E-state index is 12.3. The Labute approximate surface area is 128 Å². The van der Waals surface area contributed by atoms with Crippen molar-refractivity contribution >= 4 is 17.0 Å². The van der Waals surface area contributed by atoms with Crippen LogP contribution in [0.2, 0.25) is 0 Å². The molecule has 1 atom stereocenters. The number of ether oxygens (including phenoxy) is 1. The molecular weight excluding hydrogens is 278 g/mol. The van der Waals surface area contributed by atoms with E-state index < -0.39 is 6.04 Å². The summed E-state index contributed by atoms with van der Waals surface area (Å²) >= 11 is 0. The van der Waals surface area contributed by atoms with E-state index in [1.165, 1.54) is 7.11 Å². The molecule has 5 nitrogen and oxygen atoms in total. The molecule has 0 bridgehead atoms. The highest BCUT2D eigenvalue weighted by molar-refractivity contribution is 5.83. The van der Waals surface area contributed by atoms with Crippen LogP contribution in [0.1, 0.15) is 22.7 Å². The molecule has 0 saturated carbocycles. The summed E-state index contributed by atoms with van der Waals surface area (Å²) in [4.78, 5) is 12.3. The van der Waals surface area contributed by atoms with Crippen LogP contribution in [-0.2, 0) is 9.53 Å². The molecule has 0 fully saturated rings. The first kappa shape index (κ1) is 14.3. The molecule has 0 radical (unpaired) electrons. The summed E-state index contributed by atoms with van der Waals surface area (Å²) in [6, 6.07) is 12.8. The second-order valence-electron chi connectivity index (χ2n) is 5.30. The summed E-state index contributed by atoms with van der Waals surface area (Å²) in [5, 5.41) is 8.38. The zero-order chi connectivity index (χ0) is 15.7. The lowest BCUT2D eigenvalue weighted by atomic mass is 10.1. The van der Waals surface area contributed by atoms with Crippen molar-refractivity contribution in [1.82, 2.24) is 15.0 Å². The first-order chi connectivity index (χ1) is 10.6. The third-order valence-corrected chi connectivity index (χ3v) is 3.87. The average Bonchev–Trinajstić information content (AvgIpc) is 2.92. The van der Waals surface area contributed by atoms with Gasteiger partial charge >= 0.3 is 5.97 Å². The number of carbonyl (C=O) groups is 1. The highest BCUT2D eigenvalue weighted by Crippen LogP contribution is 2.25. The predicted octanol–water partition coefficient (Wildman–Crippen LogP) is 2.81. The molecule has 0 saturated heterocycles. The van der Waals surface area contributed by atoms with Gasteiger partial charge in [0.05, 0.1) is 12.6 Å². The minimum Gasteiger partial charge on any atom is -0.467 e. The lowest BCUT2D eigenvalue weighted by molar-refractivity contribution is -0.143. The van der Waals surface area contributed by atoms with Crippen LogP contribution in [0.25, 0.3) is 11.0 Å². The lowest BCUT2D eigenvalue weighted by Crippen LogP contribution is -2.23. The Morgan fingerprint density at radius 2 is 1.82 bits per heavy atom. The molecule has 112 valence electrons. The molecule has 22 heavy (non-hydrogen) atoms. The zero-order valence-electron chi connectivity index (χ0n) is 12.8. The number of aromatic nitrogens is 3. The van der Waals surface area contributed by atoms with E-state index in [0.717, 1.165) is 27.7 Å². The monoisotopic (exact) mass is 295 g/mol. The summed E-state index contributed by atoms with van der Waals surface area (Å²) in [7, 11) is 1.38. The molecule has 3 aromatic rings. The van der Waals surface area contributed by atoms with Gasteiger partial charge < -0.3 is 4.74 Å². The third-order valence-electron chi connectivity index (χ3n) is 3.87. The normalized spacial score (nSPS) is 12.3.